The first-order valence-corrected chi connectivity index (χ1v) is 10.1. The molecule has 2 heterocycles. The quantitative estimate of drug-likeness (QED) is 0.344. The average Bonchev–Trinajstić information content (AvgIpc) is 3.29. The molecular formula is C26H19N3O3. The van der Waals surface area contributed by atoms with E-state index in [1.807, 2.05) is 84.9 Å². The fourth-order valence-corrected chi connectivity index (χ4v) is 3.55. The van der Waals surface area contributed by atoms with Crippen molar-refractivity contribution in [1.82, 2.24) is 14.6 Å². The first-order chi connectivity index (χ1) is 15.7. The van der Waals surface area contributed by atoms with Crippen LogP contribution in [-0.4, -0.2) is 27.7 Å². The zero-order valence-electron chi connectivity index (χ0n) is 17.3. The number of para-hydroxylation sites is 1. The minimum atomic E-state index is -0.501. The lowest BCUT2D eigenvalue weighted by molar-refractivity contribution is 0.0593. The molecule has 0 aliphatic rings. The Kier molecular flexibility index (Phi) is 5.09. The van der Waals surface area contributed by atoms with Gasteiger partial charge in [-0.1, -0.05) is 60.7 Å². The topological polar surface area (TPSA) is 65.7 Å². The van der Waals surface area contributed by atoms with Gasteiger partial charge in [0.15, 0.2) is 11.3 Å². The van der Waals surface area contributed by atoms with E-state index in [0.717, 1.165) is 33.9 Å². The van der Waals surface area contributed by atoms with Crippen molar-refractivity contribution in [2.75, 3.05) is 7.11 Å². The maximum Gasteiger partial charge on any atom is 0.358 e. The van der Waals surface area contributed by atoms with Crippen molar-refractivity contribution in [2.24, 2.45) is 0 Å². The highest BCUT2D eigenvalue weighted by Crippen LogP contribution is 2.33. The first-order valence-electron chi connectivity index (χ1n) is 10.1. The van der Waals surface area contributed by atoms with Gasteiger partial charge in [0.25, 0.3) is 0 Å². The lowest BCUT2D eigenvalue weighted by Crippen LogP contribution is -2.04. The monoisotopic (exact) mass is 421 g/mol. The Morgan fingerprint density at radius 3 is 2.16 bits per heavy atom. The second kappa shape index (κ2) is 8.35. The number of aromatic nitrogens is 3. The van der Waals surface area contributed by atoms with Gasteiger partial charge in [0.2, 0.25) is 0 Å². The molecule has 5 rings (SSSR count). The van der Waals surface area contributed by atoms with Gasteiger partial charge < -0.3 is 9.47 Å². The van der Waals surface area contributed by atoms with E-state index in [4.69, 9.17) is 9.47 Å². The highest BCUT2D eigenvalue weighted by atomic mass is 16.5. The molecule has 0 aliphatic heterocycles. The summed E-state index contributed by atoms with van der Waals surface area (Å²) < 4.78 is 12.4. The van der Waals surface area contributed by atoms with E-state index in [2.05, 4.69) is 10.1 Å². The van der Waals surface area contributed by atoms with Crippen LogP contribution >= 0.6 is 0 Å². The van der Waals surface area contributed by atoms with Crippen LogP contribution in [0.4, 0.5) is 0 Å². The van der Waals surface area contributed by atoms with E-state index >= 15 is 0 Å². The van der Waals surface area contributed by atoms with Crippen LogP contribution in [0.5, 0.6) is 11.5 Å². The number of hydrogen-bond acceptors (Lipinski definition) is 5. The third-order valence-corrected chi connectivity index (χ3v) is 5.07. The van der Waals surface area contributed by atoms with Gasteiger partial charge in [-0.2, -0.15) is 5.10 Å². The fraction of sp³-hybridized carbons (Fsp3) is 0.0385. The summed E-state index contributed by atoms with van der Waals surface area (Å²) in [6.07, 6.45) is 1.80. The Labute approximate surface area is 184 Å². The number of hydrogen-bond donors (Lipinski definition) is 0. The third kappa shape index (κ3) is 3.70. The van der Waals surface area contributed by atoms with Crippen LogP contribution in [0.2, 0.25) is 0 Å². The van der Waals surface area contributed by atoms with Gasteiger partial charge in [0.05, 0.1) is 12.8 Å². The molecule has 0 spiro atoms. The molecule has 0 bridgehead atoms. The molecule has 0 aliphatic carbocycles. The molecule has 0 saturated carbocycles. The fourth-order valence-electron chi connectivity index (χ4n) is 3.55. The minimum absolute atomic E-state index is 0.209. The number of carbonyl (C=O) groups excluding carboxylic acids is 1. The van der Waals surface area contributed by atoms with Gasteiger partial charge in [-0.25, -0.2) is 14.3 Å². The van der Waals surface area contributed by atoms with Crippen LogP contribution in [0.25, 0.3) is 28.0 Å². The number of ether oxygens (including phenoxy) is 2. The van der Waals surface area contributed by atoms with Crippen LogP contribution in [0.15, 0.2) is 97.2 Å². The van der Waals surface area contributed by atoms with Gasteiger partial charge in [-0.15, -0.1) is 0 Å². The summed E-state index contributed by atoms with van der Waals surface area (Å²) in [4.78, 5) is 16.6. The van der Waals surface area contributed by atoms with E-state index in [0.29, 0.717) is 5.65 Å². The molecule has 32 heavy (non-hydrogen) atoms. The van der Waals surface area contributed by atoms with Crippen LogP contribution in [0, 0.1) is 0 Å². The Morgan fingerprint density at radius 1 is 0.812 bits per heavy atom. The Balaban J connectivity index is 1.61. The Morgan fingerprint density at radius 2 is 1.47 bits per heavy atom. The highest BCUT2D eigenvalue weighted by molar-refractivity contribution is 5.89. The summed E-state index contributed by atoms with van der Waals surface area (Å²) >= 11 is 0. The van der Waals surface area contributed by atoms with Crippen molar-refractivity contribution in [3.05, 3.63) is 103 Å². The number of nitrogens with zero attached hydrogens (tertiary/aromatic N) is 3. The smallest absolute Gasteiger partial charge is 0.358 e. The molecule has 6 heteroatoms. The van der Waals surface area contributed by atoms with Gasteiger partial charge >= 0.3 is 5.97 Å². The maximum atomic E-state index is 12.0. The molecule has 0 saturated heterocycles. The predicted molar refractivity (Wildman–Crippen MR) is 122 cm³/mol. The van der Waals surface area contributed by atoms with E-state index < -0.39 is 5.97 Å². The number of benzene rings is 3. The molecule has 6 nitrogen and oxygen atoms in total. The second-order valence-electron chi connectivity index (χ2n) is 7.12. The van der Waals surface area contributed by atoms with Crippen molar-refractivity contribution in [2.45, 2.75) is 0 Å². The number of carbonyl (C=O) groups is 1. The number of rotatable bonds is 5. The average molecular weight is 421 g/mol. The molecule has 5 aromatic rings. The number of fused-ring (bicyclic) bond motifs is 1. The molecule has 0 unspecified atom stereocenters. The summed E-state index contributed by atoms with van der Waals surface area (Å²) in [7, 11) is 1.34. The number of esters is 1. The van der Waals surface area contributed by atoms with Gasteiger partial charge in [0, 0.05) is 23.4 Å². The van der Waals surface area contributed by atoms with Gasteiger partial charge in [-0.05, 0) is 29.8 Å². The summed E-state index contributed by atoms with van der Waals surface area (Å²) in [6, 6.07) is 29.0. The standard InChI is InChI=1S/C26H19N3O3/c1-31-26(30)23-16-24-27-17-22(25(29(24)28-23)19-8-4-2-5-9-19)18-12-14-21(15-13-18)32-20-10-6-3-7-11-20/h2-17H,1H3. The molecule has 2 aromatic heterocycles. The summed E-state index contributed by atoms with van der Waals surface area (Å²) in [6.45, 7) is 0. The highest BCUT2D eigenvalue weighted by Gasteiger charge is 2.18. The van der Waals surface area contributed by atoms with Gasteiger partial charge in [-0.3, -0.25) is 0 Å². The van der Waals surface area contributed by atoms with Crippen molar-refractivity contribution in [3.63, 3.8) is 0 Å². The lowest BCUT2D eigenvalue weighted by atomic mass is 10.0. The van der Waals surface area contributed by atoms with E-state index in [1.54, 1.807) is 16.8 Å². The molecule has 0 radical (unpaired) electrons. The zero-order valence-corrected chi connectivity index (χ0v) is 17.3. The number of methoxy groups -OCH3 is 1. The molecule has 0 N–H and O–H groups in total. The Bertz CT molecular complexity index is 1380. The predicted octanol–water partition coefficient (Wildman–Crippen LogP) is 5.64. The minimum Gasteiger partial charge on any atom is -0.464 e. The zero-order chi connectivity index (χ0) is 21.9. The van der Waals surface area contributed by atoms with E-state index in [1.165, 1.54) is 7.11 Å². The largest absolute Gasteiger partial charge is 0.464 e. The molecule has 0 fully saturated rings. The van der Waals surface area contributed by atoms with Crippen molar-refractivity contribution in [1.29, 1.82) is 0 Å². The third-order valence-electron chi connectivity index (χ3n) is 5.07. The summed E-state index contributed by atoms with van der Waals surface area (Å²) in [5.41, 5.74) is 4.41. The van der Waals surface area contributed by atoms with Crippen molar-refractivity contribution >= 4 is 11.6 Å². The molecular weight excluding hydrogens is 402 g/mol. The van der Waals surface area contributed by atoms with E-state index in [9.17, 15) is 4.79 Å². The SMILES string of the molecule is COC(=O)c1cc2ncc(-c3ccc(Oc4ccccc4)cc3)c(-c3ccccc3)n2n1. The first kappa shape index (κ1) is 19.5. The Hall–Kier alpha value is -4.45. The summed E-state index contributed by atoms with van der Waals surface area (Å²) in [5, 5.41) is 4.47. The normalized spacial score (nSPS) is 10.8. The van der Waals surface area contributed by atoms with E-state index in [-0.39, 0.29) is 5.69 Å². The molecule has 0 amide bonds. The van der Waals surface area contributed by atoms with Crippen LogP contribution in [-0.2, 0) is 4.74 Å². The van der Waals surface area contributed by atoms with Crippen LogP contribution in [0.3, 0.4) is 0 Å². The van der Waals surface area contributed by atoms with Crippen LogP contribution in [0.1, 0.15) is 10.5 Å². The second-order valence-corrected chi connectivity index (χ2v) is 7.12. The molecule has 3 aromatic carbocycles. The lowest BCUT2D eigenvalue weighted by Gasteiger charge is -2.12. The molecule has 156 valence electrons. The van der Waals surface area contributed by atoms with Crippen molar-refractivity contribution < 1.29 is 14.3 Å². The van der Waals surface area contributed by atoms with Gasteiger partial charge in [0.1, 0.15) is 11.5 Å². The maximum absolute atomic E-state index is 12.0. The molecule has 0 atom stereocenters. The summed E-state index contributed by atoms with van der Waals surface area (Å²) in [5.74, 6) is 1.01. The van der Waals surface area contributed by atoms with Crippen LogP contribution < -0.4 is 4.74 Å². The van der Waals surface area contributed by atoms with Crippen molar-refractivity contribution in [3.8, 4) is 33.9 Å².